The zero-order chi connectivity index (χ0) is 23.8. The molecule has 2 amide bonds. The van der Waals surface area contributed by atoms with Crippen molar-refractivity contribution in [3.63, 3.8) is 0 Å². The molecule has 178 valence electrons. The van der Waals surface area contributed by atoms with Gasteiger partial charge in [0.2, 0.25) is 11.8 Å². The molecular formula is C23H44BN3O4. The van der Waals surface area contributed by atoms with E-state index in [4.69, 9.17) is 9.31 Å². The minimum absolute atomic E-state index is 0.0389. The summed E-state index contributed by atoms with van der Waals surface area (Å²) in [5.74, 6) is 0.0956. The molecule has 1 aliphatic carbocycles. The molecule has 2 aliphatic rings. The van der Waals surface area contributed by atoms with Crippen molar-refractivity contribution in [1.29, 1.82) is 0 Å². The Morgan fingerprint density at radius 1 is 1.10 bits per heavy atom. The van der Waals surface area contributed by atoms with Crippen LogP contribution in [0.5, 0.6) is 0 Å². The van der Waals surface area contributed by atoms with Gasteiger partial charge in [-0.15, -0.1) is 0 Å². The van der Waals surface area contributed by atoms with Gasteiger partial charge in [-0.05, 0) is 87.6 Å². The van der Waals surface area contributed by atoms with E-state index in [1.807, 2.05) is 34.9 Å². The quantitative estimate of drug-likeness (QED) is 0.599. The van der Waals surface area contributed by atoms with Crippen molar-refractivity contribution in [2.45, 2.75) is 103 Å². The molecule has 2 N–H and O–H groups in total. The maximum Gasteiger partial charge on any atom is 0.457 e. The van der Waals surface area contributed by atoms with Crippen LogP contribution in [0, 0.1) is 11.8 Å². The van der Waals surface area contributed by atoms with Gasteiger partial charge in [0.25, 0.3) is 0 Å². The van der Waals surface area contributed by atoms with Gasteiger partial charge in [-0.25, -0.2) is 0 Å². The van der Waals surface area contributed by atoms with E-state index in [0.717, 1.165) is 25.7 Å². The van der Waals surface area contributed by atoms with Crippen molar-refractivity contribution < 1.29 is 18.9 Å². The largest absolute Gasteiger partial charge is 0.457 e. The molecule has 3 unspecified atom stereocenters. The molecule has 31 heavy (non-hydrogen) atoms. The number of nitrogens with zero attached hydrogens (tertiary/aromatic N) is 1. The van der Waals surface area contributed by atoms with Crippen LogP contribution in [0.2, 0.25) is 6.32 Å². The Balaban J connectivity index is 2.18. The topological polar surface area (TPSA) is 79.9 Å². The van der Waals surface area contributed by atoms with Crippen LogP contribution in [0.1, 0.15) is 74.7 Å². The Kier molecular flexibility index (Phi) is 7.61. The first-order valence-corrected chi connectivity index (χ1v) is 11.6. The molecule has 0 aromatic rings. The third-order valence-corrected chi connectivity index (χ3v) is 6.92. The molecule has 0 aromatic carbocycles. The van der Waals surface area contributed by atoms with Crippen LogP contribution in [0.15, 0.2) is 0 Å². The fourth-order valence-corrected chi connectivity index (χ4v) is 4.91. The van der Waals surface area contributed by atoms with Crippen molar-refractivity contribution in [3.8, 4) is 0 Å². The first-order chi connectivity index (χ1) is 14.0. The third-order valence-electron chi connectivity index (χ3n) is 6.92. The smallest absolute Gasteiger partial charge is 0.403 e. The summed E-state index contributed by atoms with van der Waals surface area (Å²) in [5.41, 5.74) is -1.95. The summed E-state index contributed by atoms with van der Waals surface area (Å²) >= 11 is 0. The fraction of sp³-hybridized carbons (Fsp3) is 0.913. The highest BCUT2D eigenvalue weighted by Gasteiger charge is 2.55. The van der Waals surface area contributed by atoms with Crippen LogP contribution in [0.4, 0.5) is 0 Å². The fourth-order valence-electron chi connectivity index (χ4n) is 4.91. The van der Waals surface area contributed by atoms with E-state index in [9.17, 15) is 9.59 Å². The number of hydrogen-bond acceptors (Lipinski definition) is 5. The zero-order valence-corrected chi connectivity index (χ0v) is 21.3. The molecular weight excluding hydrogens is 393 g/mol. The number of carbonyl (C=O) groups is 2. The lowest BCUT2D eigenvalue weighted by molar-refractivity contribution is -0.136. The molecule has 2 fully saturated rings. The van der Waals surface area contributed by atoms with Crippen LogP contribution >= 0.6 is 0 Å². The first-order valence-electron chi connectivity index (χ1n) is 11.6. The van der Waals surface area contributed by atoms with Gasteiger partial charge in [0.1, 0.15) is 5.54 Å². The highest BCUT2D eigenvalue weighted by Crippen LogP contribution is 2.44. The highest BCUT2D eigenvalue weighted by molar-refractivity contribution is 6.45. The van der Waals surface area contributed by atoms with Gasteiger partial charge in [0, 0.05) is 24.9 Å². The van der Waals surface area contributed by atoms with Gasteiger partial charge in [0.05, 0.1) is 11.2 Å². The van der Waals surface area contributed by atoms with E-state index in [2.05, 4.69) is 43.2 Å². The summed E-state index contributed by atoms with van der Waals surface area (Å²) in [6, 6.07) is 0. The Labute approximate surface area is 189 Å². The van der Waals surface area contributed by atoms with Crippen LogP contribution in [-0.4, -0.2) is 66.8 Å². The van der Waals surface area contributed by atoms with Crippen LogP contribution in [-0.2, 0) is 18.9 Å². The molecule has 0 aromatic heterocycles. The molecule has 0 spiro atoms. The van der Waals surface area contributed by atoms with E-state index in [-0.39, 0.29) is 41.6 Å². The lowest BCUT2D eigenvalue weighted by atomic mass is 9.79. The van der Waals surface area contributed by atoms with Crippen LogP contribution in [0.25, 0.3) is 0 Å². The standard InChI is InChI=1S/C23H44BN3O4/c1-16(28)25-23(19(29)26-20(2,3)4)14-17(13-18(23)15-27(9)10)11-12-24-30-21(5,6)22(7,8)31-24/h17-18H,11-15H2,1-10H3,(H,25,28)(H,26,29). The Hall–Kier alpha value is -1.12. The number of nitrogens with one attached hydrogen (secondary N) is 2. The van der Waals surface area contributed by atoms with Gasteiger partial charge in [0.15, 0.2) is 0 Å². The molecule has 1 aliphatic heterocycles. The van der Waals surface area contributed by atoms with E-state index < -0.39 is 5.54 Å². The minimum Gasteiger partial charge on any atom is -0.403 e. The Morgan fingerprint density at radius 3 is 2.10 bits per heavy atom. The lowest BCUT2D eigenvalue weighted by Crippen LogP contribution is -2.64. The second-order valence-electron chi connectivity index (χ2n) is 11.9. The molecule has 0 bridgehead atoms. The summed E-state index contributed by atoms with van der Waals surface area (Å²) in [5, 5.41) is 6.21. The normalized spacial score (nSPS) is 30.0. The average Bonchev–Trinajstić information content (AvgIpc) is 2.97. The monoisotopic (exact) mass is 437 g/mol. The molecule has 8 heteroatoms. The minimum atomic E-state index is -0.899. The number of amides is 2. The highest BCUT2D eigenvalue weighted by atomic mass is 16.7. The zero-order valence-electron chi connectivity index (χ0n) is 21.3. The second-order valence-corrected chi connectivity index (χ2v) is 11.9. The van der Waals surface area contributed by atoms with Gasteiger partial charge in [-0.3, -0.25) is 9.59 Å². The SMILES string of the molecule is CC(=O)NC1(C(=O)NC(C)(C)C)CC(CCB2OC(C)(C)C(C)(C)O2)CC1CN(C)C. The predicted octanol–water partition coefficient (Wildman–Crippen LogP) is 2.85. The molecule has 3 atom stereocenters. The van der Waals surface area contributed by atoms with Crippen molar-refractivity contribution in [2.24, 2.45) is 11.8 Å². The summed E-state index contributed by atoms with van der Waals surface area (Å²) in [6.07, 6.45) is 3.19. The van der Waals surface area contributed by atoms with Crippen molar-refractivity contribution in [1.82, 2.24) is 15.5 Å². The molecule has 2 rings (SSSR count). The summed E-state index contributed by atoms with van der Waals surface area (Å²) in [7, 11) is 3.78. The van der Waals surface area contributed by atoms with Crippen LogP contribution in [0.3, 0.4) is 0 Å². The van der Waals surface area contributed by atoms with Crippen molar-refractivity contribution >= 4 is 18.9 Å². The molecule has 0 radical (unpaired) electrons. The predicted molar refractivity (Wildman–Crippen MR) is 125 cm³/mol. The number of carbonyl (C=O) groups excluding carboxylic acids is 2. The first kappa shape index (κ1) is 26.1. The van der Waals surface area contributed by atoms with E-state index >= 15 is 0 Å². The van der Waals surface area contributed by atoms with Gasteiger partial charge in [-0.1, -0.05) is 6.42 Å². The average molecular weight is 437 g/mol. The third kappa shape index (κ3) is 6.23. The second kappa shape index (κ2) is 9.03. The number of rotatable bonds is 7. The maximum atomic E-state index is 13.5. The number of hydrogen-bond donors (Lipinski definition) is 2. The van der Waals surface area contributed by atoms with Gasteiger partial charge in [-0.2, -0.15) is 0 Å². The van der Waals surface area contributed by atoms with Gasteiger partial charge >= 0.3 is 7.12 Å². The van der Waals surface area contributed by atoms with E-state index in [1.54, 1.807) is 0 Å². The van der Waals surface area contributed by atoms with Crippen molar-refractivity contribution in [3.05, 3.63) is 0 Å². The lowest BCUT2D eigenvalue weighted by Gasteiger charge is -2.38. The Bertz CT molecular complexity index is 658. The maximum absolute atomic E-state index is 13.5. The van der Waals surface area contributed by atoms with E-state index in [0.29, 0.717) is 12.3 Å². The van der Waals surface area contributed by atoms with Crippen molar-refractivity contribution in [2.75, 3.05) is 20.6 Å². The summed E-state index contributed by atoms with van der Waals surface area (Å²) < 4.78 is 12.3. The molecule has 1 saturated carbocycles. The Morgan fingerprint density at radius 2 is 1.65 bits per heavy atom. The van der Waals surface area contributed by atoms with Gasteiger partial charge < -0.3 is 24.8 Å². The summed E-state index contributed by atoms with van der Waals surface area (Å²) in [4.78, 5) is 27.8. The molecule has 7 nitrogen and oxygen atoms in total. The van der Waals surface area contributed by atoms with Crippen LogP contribution < -0.4 is 10.6 Å². The van der Waals surface area contributed by atoms with E-state index in [1.165, 1.54) is 6.92 Å². The summed E-state index contributed by atoms with van der Waals surface area (Å²) in [6.45, 7) is 16.4. The molecule has 1 saturated heterocycles. The molecule has 1 heterocycles.